The SMILES string of the molecule is CCC(NCc1cnn2c1C(=O)N(C)CC2)c1ccc(OC(F)F)cc1. The van der Waals surface area contributed by atoms with Gasteiger partial charge in [-0.25, -0.2) is 0 Å². The van der Waals surface area contributed by atoms with Crippen LogP contribution in [0.4, 0.5) is 8.78 Å². The van der Waals surface area contributed by atoms with Crippen molar-refractivity contribution in [1.82, 2.24) is 20.0 Å². The van der Waals surface area contributed by atoms with E-state index in [2.05, 4.69) is 15.2 Å². The zero-order chi connectivity index (χ0) is 18.7. The Morgan fingerprint density at radius 3 is 2.65 bits per heavy atom. The van der Waals surface area contributed by atoms with E-state index in [1.807, 2.05) is 6.92 Å². The number of amides is 1. The number of aromatic nitrogens is 2. The second kappa shape index (κ2) is 7.82. The van der Waals surface area contributed by atoms with Crippen LogP contribution in [0.25, 0.3) is 0 Å². The van der Waals surface area contributed by atoms with Gasteiger partial charge >= 0.3 is 6.61 Å². The van der Waals surface area contributed by atoms with Crippen molar-refractivity contribution in [2.45, 2.75) is 39.1 Å². The highest BCUT2D eigenvalue weighted by Crippen LogP contribution is 2.23. The molecule has 0 radical (unpaired) electrons. The number of carbonyl (C=O) groups excluding carboxylic acids is 1. The van der Waals surface area contributed by atoms with Gasteiger partial charge in [-0.1, -0.05) is 19.1 Å². The number of nitrogens with one attached hydrogen (secondary N) is 1. The predicted molar refractivity (Wildman–Crippen MR) is 92.1 cm³/mol. The van der Waals surface area contributed by atoms with Crippen LogP contribution in [0.2, 0.25) is 0 Å². The Morgan fingerprint density at radius 1 is 1.27 bits per heavy atom. The highest BCUT2D eigenvalue weighted by Gasteiger charge is 2.26. The van der Waals surface area contributed by atoms with Crippen molar-refractivity contribution in [3.63, 3.8) is 0 Å². The van der Waals surface area contributed by atoms with Crippen LogP contribution in [0.1, 0.15) is 41.0 Å². The van der Waals surface area contributed by atoms with E-state index >= 15 is 0 Å². The highest BCUT2D eigenvalue weighted by molar-refractivity contribution is 5.94. The van der Waals surface area contributed by atoms with Gasteiger partial charge in [0.2, 0.25) is 0 Å². The smallest absolute Gasteiger partial charge is 0.387 e. The first-order valence-corrected chi connectivity index (χ1v) is 8.58. The van der Waals surface area contributed by atoms with E-state index in [0.29, 0.717) is 25.3 Å². The zero-order valence-electron chi connectivity index (χ0n) is 14.8. The van der Waals surface area contributed by atoms with Gasteiger partial charge in [0.15, 0.2) is 0 Å². The normalized spacial score (nSPS) is 15.3. The van der Waals surface area contributed by atoms with E-state index in [9.17, 15) is 13.6 Å². The Morgan fingerprint density at radius 2 is 2.00 bits per heavy atom. The molecular weight excluding hydrogens is 342 g/mol. The molecule has 1 amide bonds. The fourth-order valence-corrected chi connectivity index (χ4v) is 3.11. The molecule has 140 valence electrons. The van der Waals surface area contributed by atoms with Gasteiger partial charge < -0.3 is 15.0 Å². The lowest BCUT2D eigenvalue weighted by molar-refractivity contribution is -0.0498. The Kier molecular flexibility index (Phi) is 5.51. The molecule has 3 rings (SSSR count). The number of alkyl halides is 2. The minimum Gasteiger partial charge on any atom is -0.435 e. The third-order valence-electron chi connectivity index (χ3n) is 4.57. The molecule has 2 aromatic rings. The Labute approximate surface area is 150 Å². The van der Waals surface area contributed by atoms with Gasteiger partial charge in [0.05, 0.1) is 12.7 Å². The summed E-state index contributed by atoms with van der Waals surface area (Å²) in [5.41, 5.74) is 2.46. The molecule has 26 heavy (non-hydrogen) atoms. The maximum absolute atomic E-state index is 12.4. The second-order valence-corrected chi connectivity index (χ2v) is 6.26. The van der Waals surface area contributed by atoms with E-state index in [4.69, 9.17) is 0 Å². The minimum absolute atomic E-state index is 0.0212. The number of fused-ring (bicyclic) bond motifs is 1. The number of halogens is 2. The van der Waals surface area contributed by atoms with Crippen molar-refractivity contribution < 1.29 is 18.3 Å². The fourth-order valence-electron chi connectivity index (χ4n) is 3.11. The third kappa shape index (κ3) is 3.85. The van der Waals surface area contributed by atoms with Gasteiger partial charge in [-0.2, -0.15) is 13.9 Å². The molecule has 8 heteroatoms. The monoisotopic (exact) mass is 364 g/mol. The van der Waals surface area contributed by atoms with E-state index < -0.39 is 6.61 Å². The van der Waals surface area contributed by atoms with Crippen molar-refractivity contribution >= 4 is 5.91 Å². The molecule has 1 aromatic heterocycles. The van der Waals surface area contributed by atoms with Gasteiger partial charge in [-0.3, -0.25) is 9.48 Å². The summed E-state index contributed by atoms with van der Waals surface area (Å²) in [6.45, 7) is 1.06. The summed E-state index contributed by atoms with van der Waals surface area (Å²) in [4.78, 5) is 14.1. The molecule has 1 unspecified atom stereocenters. The minimum atomic E-state index is -2.83. The van der Waals surface area contributed by atoms with Crippen molar-refractivity contribution in [3.05, 3.63) is 47.3 Å². The van der Waals surface area contributed by atoms with E-state index in [1.165, 1.54) is 12.1 Å². The molecule has 1 aliphatic rings. The summed E-state index contributed by atoms with van der Waals surface area (Å²) in [5.74, 6) is 0.116. The molecule has 1 aliphatic heterocycles. The molecule has 0 aliphatic carbocycles. The average molecular weight is 364 g/mol. The molecule has 1 atom stereocenters. The first-order chi connectivity index (χ1) is 12.5. The molecular formula is C18H22F2N4O2. The number of hydrogen-bond acceptors (Lipinski definition) is 4. The van der Waals surface area contributed by atoms with Crippen LogP contribution in [0.5, 0.6) is 5.75 Å². The van der Waals surface area contributed by atoms with Gasteiger partial charge in [-0.05, 0) is 24.1 Å². The maximum atomic E-state index is 12.4. The van der Waals surface area contributed by atoms with Gasteiger partial charge in [0.25, 0.3) is 5.91 Å². The molecule has 0 bridgehead atoms. The molecule has 6 nitrogen and oxygen atoms in total. The van der Waals surface area contributed by atoms with E-state index in [0.717, 1.165) is 17.5 Å². The summed E-state index contributed by atoms with van der Waals surface area (Å²) in [7, 11) is 1.79. The van der Waals surface area contributed by atoms with E-state index in [1.54, 1.807) is 35.0 Å². The average Bonchev–Trinajstić information content (AvgIpc) is 3.03. The molecule has 2 heterocycles. The van der Waals surface area contributed by atoms with Crippen LogP contribution in [0, 0.1) is 0 Å². The Hall–Kier alpha value is -2.48. The Balaban J connectivity index is 1.68. The van der Waals surface area contributed by atoms with Crippen molar-refractivity contribution in [1.29, 1.82) is 0 Å². The van der Waals surface area contributed by atoms with E-state index in [-0.39, 0.29) is 17.7 Å². The predicted octanol–water partition coefficient (Wildman–Crippen LogP) is 2.81. The lowest BCUT2D eigenvalue weighted by Crippen LogP contribution is -2.38. The molecule has 0 saturated carbocycles. The van der Waals surface area contributed by atoms with Crippen LogP contribution in [-0.4, -0.2) is 40.8 Å². The topological polar surface area (TPSA) is 59.4 Å². The number of ether oxygens (including phenoxy) is 1. The zero-order valence-corrected chi connectivity index (χ0v) is 14.8. The second-order valence-electron chi connectivity index (χ2n) is 6.26. The van der Waals surface area contributed by atoms with Crippen molar-refractivity contribution in [2.24, 2.45) is 0 Å². The summed E-state index contributed by atoms with van der Waals surface area (Å²) in [6.07, 6.45) is 2.54. The fraction of sp³-hybridized carbons (Fsp3) is 0.444. The van der Waals surface area contributed by atoms with Crippen LogP contribution in [0.3, 0.4) is 0 Å². The lowest BCUT2D eigenvalue weighted by Gasteiger charge is -2.24. The molecule has 1 N–H and O–H groups in total. The standard InChI is InChI=1S/C18H22F2N4O2/c1-3-15(12-4-6-14(7-5-12)26-18(19)20)21-10-13-11-22-24-9-8-23(2)17(25)16(13)24/h4-7,11,15,18,21H,3,8-10H2,1-2H3. The molecule has 0 spiro atoms. The summed E-state index contributed by atoms with van der Waals surface area (Å²) < 4.78 is 30.6. The van der Waals surface area contributed by atoms with Gasteiger partial charge in [0.1, 0.15) is 11.4 Å². The first-order valence-electron chi connectivity index (χ1n) is 8.58. The largest absolute Gasteiger partial charge is 0.435 e. The Bertz CT molecular complexity index is 761. The van der Waals surface area contributed by atoms with Crippen LogP contribution < -0.4 is 10.1 Å². The molecule has 0 fully saturated rings. The number of hydrogen-bond donors (Lipinski definition) is 1. The number of rotatable bonds is 7. The van der Waals surface area contributed by atoms with Gasteiger partial charge in [0, 0.05) is 31.7 Å². The van der Waals surface area contributed by atoms with Gasteiger partial charge in [-0.15, -0.1) is 0 Å². The highest BCUT2D eigenvalue weighted by atomic mass is 19.3. The summed E-state index contributed by atoms with van der Waals surface area (Å²) in [5, 5.41) is 7.72. The third-order valence-corrected chi connectivity index (χ3v) is 4.57. The first kappa shape index (κ1) is 18.3. The van der Waals surface area contributed by atoms with Crippen molar-refractivity contribution in [3.8, 4) is 5.75 Å². The maximum Gasteiger partial charge on any atom is 0.387 e. The van der Waals surface area contributed by atoms with Crippen molar-refractivity contribution in [2.75, 3.05) is 13.6 Å². The number of benzene rings is 1. The lowest BCUT2D eigenvalue weighted by atomic mass is 10.0. The number of likely N-dealkylation sites (N-methyl/N-ethyl adjacent to an activating group) is 1. The molecule has 1 aromatic carbocycles. The van der Waals surface area contributed by atoms with Crippen LogP contribution in [-0.2, 0) is 13.1 Å². The summed E-state index contributed by atoms with van der Waals surface area (Å²) >= 11 is 0. The van der Waals surface area contributed by atoms with Crippen LogP contribution >= 0.6 is 0 Å². The number of nitrogens with zero attached hydrogens (tertiary/aromatic N) is 3. The number of carbonyl (C=O) groups is 1. The van der Waals surface area contributed by atoms with Crippen LogP contribution in [0.15, 0.2) is 30.5 Å². The quantitative estimate of drug-likeness (QED) is 0.821. The summed E-state index contributed by atoms with van der Waals surface area (Å²) in [6, 6.07) is 6.64. The molecule has 0 saturated heterocycles.